The number of carbonyl (C=O) groups excluding carboxylic acids is 2. The molecule has 1 saturated carbocycles. The quantitative estimate of drug-likeness (QED) is 0.732. The second kappa shape index (κ2) is 5.26. The summed E-state index contributed by atoms with van der Waals surface area (Å²) >= 11 is 0. The molecule has 3 N–H and O–H groups in total. The minimum absolute atomic E-state index is 0.0205. The van der Waals surface area contributed by atoms with Crippen molar-refractivity contribution in [2.75, 3.05) is 13.1 Å². The van der Waals surface area contributed by atoms with Crippen molar-refractivity contribution < 1.29 is 9.59 Å². The van der Waals surface area contributed by atoms with Gasteiger partial charge in [-0.05, 0) is 25.2 Å². The van der Waals surface area contributed by atoms with E-state index in [-0.39, 0.29) is 35.7 Å². The Bertz CT molecular complexity index is 343. The summed E-state index contributed by atoms with van der Waals surface area (Å²) in [5.41, 5.74) is 5.86. The summed E-state index contributed by atoms with van der Waals surface area (Å²) in [6, 6.07) is -0.168. The Hall–Kier alpha value is -1.10. The van der Waals surface area contributed by atoms with Gasteiger partial charge in [0, 0.05) is 25.0 Å². The maximum Gasteiger partial charge on any atom is 0.243 e. The number of amides is 2. The molecule has 0 aromatic carbocycles. The first-order valence-corrected chi connectivity index (χ1v) is 6.84. The number of nitrogens with two attached hydrogens (primary N) is 1. The van der Waals surface area contributed by atoms with Gasteiger partial charge in [-0.25, -0.2) is 0 Å². The second-order valence-corrected chi connectivity index (χ2v) is 5.78. The first-order chi connectivity index (χ1) is 8.50. The number of hydrogen-bond donors (Lipinski definition) is 2. The van der Waals surface area contributed by atoms with E-state index in [9.17, 15) is 9.59 Å². The third kappa shape index (κ3) is 2.51. The first-order valence-electron chi connectivity index (χ1n) is 6.84. The summed E-state index contributed by atoms with van der Waals surface area (Å²) in [4.78, 5) is 26.2. The van der Waals surface area contributed by atoms with Crippen LogP contribution >= 0.6 is 0 Å². The molecule has 0 unspecified atom stereocenters. The van der Waals surface area contributed by atoms with Crippen LogP contribution in [0.3, 0.4) is 0 Å². The van der Waals surface area contributed by atoms with E-state index in [0.29, 0.717) is 13.1 Å². The zero-order valence-corrected chi connectivity index (χ0v) is 11.2. The highest BCUT2D eigenvalue weighted by Crippen LogP contribution is 2.28. The highest BCUT2D eigenvalue weighted by Gasteiger charge is 2.39. The molecule has 0 spiro atoms. The molecule has 5 heteroatoms. The smallest absolute Gasteiger partial charge is 0.243 e. The lowest BCUT2D eigenvalue weighted by Gasteiger charge is -2.38. The highest BCUT2D eigenvalue weighted by atomic mass is 16.2. The normalized spacial score (nSPS) is 32.8. The van der Waals surface area contributed by atoms with E-state index in [0.717, 1.165) is 19.3 Å². The van der Waals surface area contributed by atoms with Gasteiger partial charge in [0.05, 0.1) is 0 Å². The molecule has 102 valence electrons. The fourth-order valence-corrected chi connectivity index (χ4v) is 3.07. The summed E-state index contributed by atoms with van der Waals surface area (Å²) in [5.74, 6) is 0.264. The zero-order valence-electron chi connectivity index (χ0n) is 11.2. The number of nitrogens with zero attached hydrogens (tertiary/aromatic N) is 1. The molecule has 1 aliphatic carbocycles. The minimum Gasteiger partial charge on any atom is -0.353 e. The lowest BCUT2D eigenvalue weighted by Crippen LogP contribution is -2.60. The van der Waals surface area contributed by atoms with Crippen LogP contribution in [0, 0.1) is 11.8 Å². The van der Waals surface area contributed by atoms with Gasteiger partial charge in [-0.2, -0.15) is 0 Å². The Labute approximate surface area is 108 Å². The van der Waals surface area contributed by atoms with E-state index in [1.54, 1.807) is 4.90 Å². The average Bonchev–Trinajstić information content (AvgIpc) is 2.74. The molecule has 0 bridgehead atoms. The summed E-state index contributed by atoms with van der Waals surface area (Å²) in [6.45, 7) is 5.15. The van der Waals surface area contributed by atoms with Gasteiger partial charge >= 0.3 is 0 Å². The Morgan fingerprint density at radius 3 is 2.72 bits per heavy atom. The fourth-order valence-electron chi connectivity index (χ4n) is 3.07. The van der Waals surface area contributed by atoms with Gasteiger partial charge in [-0.1, -0.05) is 13.8 Å². The highest BCUT2D eigenvalue weighted by molar-refractivity contribution is 5.90. The van der Waals surface area contributed by atoms with Crippen molar-refractivity contribution in [1.29, 1.82) is 0 Å². The van der Waals surface area contributed by atoms with Crippen LogP contribution in [0.4, 0.5) is 0 Å². The van der Waals surface area contributed by atoms with Crippen LogP contribution in [0.2, 0.25) is 0 Å². The fraction of sp³-hybridized carbons (Fsp3) is 0.846. The molecule has 0 aromatic heterocycles. The van der Waals surface area contributed by atoms with Crippen LogP contribution in [-0.2, 0) is 9.59 Å². The van der Waals surface area contributed by atoms with Crippen LogP contribution in [0.1, 0.15) is 33.1 Å². The Balaban J connectivity index is 2.09. The van der Waals surface area contributed by atoms with Gasteiger partial charge in [0.2, 0.25) is 11.8 Å². The summed E-state index contributed by atoms with van der Waals surface area (Å²) in [7, 11) is 0. The Morgan fingerprint density at radius 2 is 2.17 bits per heavy atom. The van der Waals surface area contributed by atoms with Crippen LogP contribution in [-0.4, -0.2) is 41.9 Å². The largest absolute Gasteiger partial charge is 0.353 e. The van der Waals surface area contributed by atoms with Gasteiger partial charge in [0.1, 0.15) is 6.04 Å². The third-order valence-corrected chi connectivity index (χ3v) is 3.99. The van der Waals surface area contributed by atoms with E-state index in [1.165, 1.54) is 0 Å². The minimum atomic E-state index is -0.317. The standard InChI is InChI=1S/C13H23N3O2/c1-8(2)11-12(17)15-5-6-16(11)13(18)9-3-4-10(14)7-9/h8-11H,3-7,14H2,1-2H3,(H,15,17)/t9-,10+,11+/m0/s1. The SMILES string of the molecule is CC(C)[C@@H]1C(=O)NCCN1C(=O)[C@H]1CC[C@@H](N)C1. The molecule has 18 heavy (non-hydrogen) atoms. The van der Waals surface area contributed by atoms with E-state index in [4.69, 9.17) is 5.73 Å². The van der Waals surface area contributed by atoms with Crippen LogP contribution in [0.5, 0.6) is 0 Å². The maximum absolute atomic E-state index is 12.5. The monoisotopic (exact) mass is 253 g/mol. The molecule has 0 aromatic rings. The van der Waals surface area contributed by atoms with Crippen molar-refractivity contribution in [3.05, 3.63) is 0 Å². The molecule has 0 radical (unpaired) electrons. The van der Waals surface area contributed by atoms with Gasteiger partial charge in [-0.3, -0.25) is 9.59 Å². The summed E-state index contributed by atoms with van der Waals surface area (Å²) in [6.07, 6.45) is 2.55. The zero-order chi connectivity index (χ0) is 13.3. The van der Waals surface area contributed by atoms with Gasteiger partial charge in [-0.15, -0.1) is 0 Å². The van der Waals surface area contributed by atoms with Crippen LogP contribution in [0.15, 0.2) is 0 Å². The molecule has 1 saturated heterocycles. The van der Waals surface area contributed by atoms with E-state index >= 15 is 0 Å². The second-order valence-electron chi connectivity index (χ2n) is 5.78. The van der Waals surface area contributed by atoms with Gasteiger partial charge < -0.3 is 16.0 Å². The topological polar surface area (TPSA) is 75.4 Å². The van der Waals surface area contributed by atoms with E-state index in [2.05, 4.69) is 5.32 Å². The lowest BCUT2D eigenvalue weighted by molar-refractivity contribution is -0.147. The van der Waals surface area contributed by atoms with Crippen molar-refractivity contribution in [1.82, 2.24) is 10.2 Å². The predicted octanol–water partition coefficient (Wildman–Crippen LogP) is 0.0968. The number of nitrogens with one attached hydrogen (secondary N) is 1. The molecule has 2 aliphatic rings. The van der Waals surface area contributed by atoms with Crippen molar-refractivity contribution >= 4 is 11.8 Å². The number of rotatable bonds is 2. The van der Waals surface area contributed by atoms with Gasteiger partial charge in [0.25, 0.3) is 0 Å². The Morgan fingerprint density at radius 1 is 1.44 bits per heavy atom. The van der Waals surface area contributed by atoms with Crippen molar-refractivity contribution in [3.63, 3.8) is 0 Å². The van der Waals surface area contributed by atoms with Crippen molar-refractivity contribution in [2.24, 2.45) is 17.6 Å². The molecule has 5 nitrogen and oxygen atoms in total. The molecule has 2 amide bonds. The van der Waals surface area contributed by atoms with Crippen LogP contribution in [0.25, 0.3) is 0 Å². The van der Waals surface area contributed by atoms with Crippen molar-refractivity contribution in [3.8, 4) is 0 Å². The van der Waals surface area contributed by atoms with E-state index < -0.39 is 0 Å². The molecule has 2 fully saturated rings. The van der Waals surface area contributed by atoms with Gasteiger partial charge in [0.15, 0.2) is 0 Å². The molecule has 1 aliphatic heterocycles. The molecular formula is C13H23N3O2. The molecule has 1 heterocycles. The lowest BCUT2D eigenvalue weighted by atomic mass is 9.96. The number of hydrogen-bond acceptors (Lipinski definition) is 3. The summed E-state index contributed by atoms with van der Waals surface area (Å²) in [5, 5.41) is 2.84. The van der Waals surface area contributed by atoms with Crippen LogP contribution < -0.4 is 11.1 Å². The number of carbonyl (C=O) groups is 2. The van der Waals surface area contributed by atoms with E-state index in [1.807, 2.05) is 13.8 Å². The molecule has 3 atom stereocenters. The average molecular weight is 253 g/mol. The maximum atomic E-state index is 12.5. The predicted molar refractivity (Wildman–Crippen MR) is 68.7 cm³/mol. The number of piperazine rings is 1. The molecular weight excluding hydrogens is 230 g/mol. The Kier molecular flexibility index (Phi) is 3.90. The summed E-state index contributed by atoms with van der Waals surface area (Å²) < 4.78 is 0. The third-order valence-electron chi connectivity index (χ3n) is 3.99. The first kappa shape index (κ1) is 13.3. The molecule has 2 rings (SSSR count). The van der Waals surface area contributed by atoms with Crippen molar-refractivity contribution in [2.45, 2.75) is 45.2 Å².